The van der Waals surface area contributed by atoms with Gasteiger partial charge in [0.15, 0.2) is 0 Å². The van der Waals surface area contributed by atoms with Crippen LogP contribution in [0.4, 0.5) is 4.39 Å². The van der Waals surface area contributed by atoms with E-state index in [0.717, 1.165) is 0 Å². The van der Waals surface area contributed by atoms with Gasteiger partial charge in [0, 0.05) is 13.5 Å². The van der Waals surface area contributed by atoms with E-state index in [4.69, 9.17) is 21.1 Å². The highest BCUT2D eigenvalue weighted by Crippen LogP contribution is 2.32. The van der Waals surface area contributed by atoms with Gasteiger partial charge >= 0.3 is 0 Å². The summed E-state index contributed by atoms with van der Waals surface area (Å²) in [7, 11) is 1.51. The minimum Gasteiger partial charge on any atom is -0.486 e. The van der Waals surface area contributed by atoms with Crippen LogP contribution in [0.15, 0.2) is 18.2 Å². The van der Waals surface area contributed by atoms with E-state index in [1.165, 1.54) is 25.3 Å². The van der Waals surface area contributed by atoms with E-state index in [1.807, 2.05) is 0 Å². The third kappa shape index (κ3) is 2.14. The highest BCUT2D eigenvalue weighted by Gasteiger charge is 2.42. The molecule has 1 fully saturated rings. The maximum atomic E-state index is 12.8. The molecule has 0 aliphatic heterocycles. The molecule has 3 nitrogen and oxygen atoms in total. The van der Waals surface area contributed by atoms with Crippen molar-refractivity contribution in [3.05, 3.63) is 29.0 Å². The Morgan fingerprint density at radius 1 is 1.50 bits per heavy atom. The number of halogens is 2. The van der Waals surface area contributed by atoms with Gasteiger partial charge < -0.3 is 14.6 Å². The van der Waals surface area contributed by atoms with Gasteiger partial charge in [-0.15, -0.1) is 0 Å². The number of benzene rings is 1. The molecule has 0 heterocycles. The molecule has 88 valence electrons. The minimum atomic E-state index is -0.505. The van der Waals surface area contributed by atoms with Crippen LogP contribution in [0.1, 0.15) is 6.42 Å². The first-order chi connectivity index (χ1) is 7.61. The zero-order chi connectivity index (χ0) is 11.7. The molecule has 0 amide bonds. The lowest BCUT2D eigenvalue weighted by Crippen LogP contribution is -2.54. The molecule has 3 unspecified atom stereocenters. The van der Waals surface area contributed by atoms with E-state index in [0.29, 0.717) is 12.2 Å². The van der Waals surface area contributed by atoms with E-state index in [9.17, 15) is 9.50 Å². The predicted octanol–water partition coefficient (Wildman–Crippen LogP) is 2.01. The van der Waals surface area contributed by atoms with Gasteiger partial charge in [-0.05, 0) is 18.2 Å². The summed E-state index contributed by atoms with van der Waals surface area (Å²) in [5.41, 5.74) is 0. The van der Waals surface area contributed by atoms with E-state index in [-0.39, 0.29) is 17.2 Å². The van der Waals surface area contributed by atoms with Crippen molar-refractivity contribution in [3.8, 4) is 5.75 Å². The van der Waals surface area contributed by atoms with E-state index in [1.54, 1.807) is 0 Å². The van der Waals surface area contributed by atoms with E-state index < -0.39 is 11.9 Å². The van der Waals surface area contributed by atoms with Gasteiger partial charge in [0.1, 0.15) is 23.8 Å². The number of rotatable bonds is 3. The van der Waals surface area contributed by atoms with Gasteiger partial charge in [0.2, 0.25) is 0 Å². The number of methoxy groups -OCH3 is 1. The Labute approximate surface area is 97.7 Å². The van der Waals surface area contributed by atoms with Crippen LogP contribution >= 0.6 is 11.6 Å². The summed E-state index contributed by atoms with van der Waals surface area (Å²) >= 11 is 5.81. The maximum absolute atomic E-state index is 12.8. The topological polar surface area (TPSA) is 38.7 Å². The summed E-state index contributed by atoms with van der Waals surface area (Å²) in [6, 6.07) is 3.93. The summed E-state index contributed by atoms with van der Waals surface area (Å²) in [5.74, 6) is -0.00342. The number of hydrogen-bond donors (Lipinski definition) is 1. The normalized spacial score (nSPS) is 28.6. The molecule has 0 saturated heterocycles. The Hall–Kier alpha value is -0.840. The monoisotopic (exact) mass is 246 g/mol. The van der Waals surface area contributed by atoms with Crippen LogP contribution in [-0.2, 0) is 4.74 Å². The molecule has 1 saturated carbocycles. The fourth-order valence-electron chi connectivity index (χ4n) is 1.72. The van der Waals surface area contributed by atoms with Crippen LogP contribution in [0.5, 0.6) is 5.75 Å². The molecule has 1 aliphatic carbocycles. The summed E-state index contributed by atoms with van der Waals surface area (Å²) in [5, 5.41) is 9.59. The summed E-state index contributed by atoms with van der Waals surface area (Å²) in [4.78, 5) is 0. The molecule has 16 heavy (non-hydrogen) atoms. The maximum Gasteiger partial charge on any atom is 0.138 e. The molecule has 0 aromatic heterocycles. The molecular weight excluding hydrogens is 235 g/mol. The van der Waals surface area contributed by atoms with Crippen LogP contribution in [0.25, 0.3) is 0 Å². The van der Waals surface area contributed by atoms with Gasteiger partial charge in [-0.2, -0.15) is 0 Å². The molecule has 1 aromatic carbocycles. The second-order valence-electron chi connectivity index (χ2n) is 3.73. The lowest BCUT2D eigenvalue weighted by molar-refractivity contribution is -0.149. The van der Waals surface area contributed by atoms with Gasteiger partial charge in [-0.3, -0.25) is 0 Å². The molecule has 0 spiro atoms. The molecular formula is C11H12ClFO3. The standard InChI is InChI=1S/C11H12ClFO3/c1-15-11-8(14)5-10(11)16-9-3-2-6(13)4-7(9)12/h2-4,8,10-11,14H,5H2,1H3. The smallest absolute Gasteiger partial charge is 0.138 e. The van der Waals surface area contributed by atoms with Crippen LogP contribution in [-0.4, -0.2) is 30.5 Å². The quantitative estimate of drug-likeness (QED) is 0.887. The highest BCUT2D eigenvalue weighted by molar-refractivity contribution is 6.32. The molecule has 1 aliphatic rings. The Balaban J connectivity index is 2.04. The third-order valence-electron chi connectivity index (χ3n) is 2.66. The SMILES string of the molecule is COC1C(O)CC1Oc1ccc(F)cc1Cl. The zero-order valence-electron chi connectivity index (χ0n) is 8.69. The molecule has 1 N–H and O–H groups in total. The largest absolute Gasteiger partial charge is 0.486 e. The van der Waals surface area contributed by atoms with Crippen LogP contribution < -0.4 is 4.74 Å². The van der Waals surface area contributed by atoms with Crippen molar-refractivity contribution in [2.45, 2.75) is 24.7 Å². The number of aliphatic hydroxyl groups excluding tert-OH is 1. The molecule has 0 radical (unpaired) electrons. The molecule has 1 aromatic rings. The van der Waals surface area contributed by atoms with E-state index in [2.05, 4.69) is 0 Å². The first kappa shape index (κ1) is 11.6. The molecule has 2 rings (SSSR count). The first-order valence-corrected chi connectivity index (χ1v) is 5.32. The van der Waals surface area contributed by atoms with Crippen molar-refractivity contribution in [3.63, 3.8) is 0 Å². The van der Waals surface area contributed by atoms with Crippen molar-refractivity contribution in [2.24, 2.45) is 0 Å². The van der Waals surface area contributed by atoms with Crippen LogP contribution in [0, 0.1) is 5.82 Å². The fourth-order valence-corrected chi connectivity index (χ4v) is 1.93. The van der Waals surface area contributed by atoms with Crippen LogP contribution in [0.2, 0.25) is 5.02 Å². The minimum absolute atomic E-state index is 0.219. The first-order valence-electron chi connectivity index (χ1n) is 4.94. The van der Waals surface area contributed by atoms with Crippen LogP contribution in [0.3, 0.4) is 0 Å². The van der Waals surface area contributed by atoms with Crippen molar-refractivity contribution in [1.29, 1.82) is 0 Å². The van der Waals surface area contributed by atoms with Crippen molar-refractivity contribution in [1.82, 2.24) is 0 Å². The lowest BCUT2D eigenvalue weighted by atomic mass is 9.88. The van der Waals surface area contributed by atoms with E-state index >= 15 is 0 Å². The average Bonchev–Trinajstić information content (AvgIpc) is 2.21. The van der Waals surface area contributed by atoms with Crippen molar-refractivity contribution in [2.75, 3.05) is 7.11 Å². The van der Waals surface area contributed by atoms with Gasteiger partial charge in [0.25, 0.3) is 0 Å². The predicted molar refractivity (Wildman–Crippen MR) is 57.2 cm³/mol. The number of aliphatic hydroxyl groups is 1. The summed E-state index contributed by atoms with van der Waals surface area (Å²) < 4.78 is 23.4. The van der Waals surface area contributed by atoms with Crippen molar-refractivity contribution < 1.29 is 19.0 Å². The summed E-state index contributed by atoms with van der Waals surface area (Å²) in [6.07, 6.45) is -0.593. The van der Waals surface area contributed by atoms with Gasteiger partial charge in [-0.25, -0.2) is 4.39 Å². The lowest BCUT2D eigenvalue weighted by Gasteiger charge is -2.40. The highest BCUT2D eigenvalue weighted by atomic mass is 35.5. The Bertz CT molecular complexity index is 385. The Morgan fingerprint density at radius 2 is 2.25 bits per heavy atom. The summed E-state index contributed by atoms with van der Waals surface area (Å²) in [6.45, 7) is 0. The second-order valence-corrected chi connectivity index (χ2v) is 4.14. The Morgan fingerprint density at radius 3 is 2.81 bits per heavy atom. The second kappa shape index (κ2) is 4.57. The van der Waals surface area contributed by atoms with Gasteiger partial charge in [0.05, 0.1) is 11.1 Å². The number of hydrogen-bond acceptors (Lipinski definition) is 3. The zero-order valence-corrected chi connectivity index (χ0v) is 9.45. The number of ether oxygens (including phenoxy) is 2. The average molecular weight is 247 g/mol. The molecule has 3 atom stereocenters. The van der Waals surface area contributed by atoms with Gasteiger partial charge in [-0.1, -0.05) is 11.6 Å². The van der Waals surface area contributed by atoms with Crippen molar-refractivity contribution >= 4 is 11.6 Å². The molecule has 5 heteroatoms. The Kier molecular flexibility index (Phi) is 3.33. The third-order valence-corrected chi connectivity index (χ3v) is 2.96. The fraction of sp³-hybridized carbons (Fsp3) is 0.455. The molecule has 0 bridgehead atoms.